The van der Waals surface area contributed by atoms with E-state index in [-0.39, 0.29) is 0 Å². The lowest BCUT2D eigenvalue weighted by atomic mass is 9.72. The van der Waals surface area contributed by atoms with Gasteiger partial charge in [-0.25, -0.2) is 0 Å². The number of halogens is 1. The maximum absolute atomic E-state index is 3.86. The quantitative estimate of drug-likeness (QED) is 0.676. The van der Waals surface area contributed by atoms with Gasteiger partial charge in [0.2, 0.25) is 0 Å². The van der Waals surface area contributed by atoms with Crippen molar-refractivity contribution in [3.05, 3.63) is 34.3 Å². The van der Waals surface area contributed by atoms with Gasteiger partial charge in [-0.1, -0.05) is 73.7 Å². The molecule has 0 bridgehead atoms. The summed E-state index contributed by atoms with van der Waals surface area (Å²) < 4.78 is 1.26. The van der Waals surface area contributed by atoms with E-state index < -0.39 is 0 Å². The van der Waals surface area contributed by atoms with Gasteiger partial charge >= 0.3 is 0 Å². The molecule has 1 aromatic carbocycles. The van der Waals surface area contributed by atoms with Crippen molar-refractivity contribution >= 4 is 15.9 Å². The fourth-order valence-corrected chi connectivity index (χ4v) is 4.33. The Labute approximate surface area is 139 Å². The first kappa shape index (κ1) is 17.0. The van der Waals surface area contributed by atoms with Gasteiger partial charge in [0.1, 0.15) is 0 Å². The molecule has 0 aromatic heterocycles. The first-order valence-corrected chi connectivity index (χ1v) is 9.52. The lowest BCUT2D eigenvalue weighted by molar-refractivity contribution is 0.174. The molecule has 0 radical (unpaired) electrons. The van der Waals surface area contributed by atoms with E-state index in [0.29, 0.717) is 6.04 Å². The van der Waals surface area contributed by atoms with Crippen LogP contribution in [0.1, 0.15) is 57.9 Å². The van der Waals surface area contributed by atoms with E-state index in [1.54, 1.807) is 0 Å². The molecular formula is C19H30BrN. The molecule has 1 N–H and O–H groups in total. The van der Waals surface area contributed by atoms with Crippen LogP contribution in [0.2, 0.25) is 0 Å². The van der Waals surface area contributed by atoms with E-state index in [9.17, 15) is 0 Å². The highest BCUT2D eigenvalue weighted by atomic mass is 79.9. The van der Waals surface area contributed by atoms with Crippen LogP contribution >= 0.6 is 15.9 Å². The second-order valence-electron chi connectivity index (χ2n) is 6.47. The number of rotatable bonds is 7. The van der Waals surface area contributed by atoms with Crippen molar-refractivity contribution in [2.45, 2.75) is 64.8 Å². The van der Waals surface area contributed by atoms with E-state index in [1.165, 1.54) is 48.6 Å². The molecule has 0 heterocycles. The minimum Gasteiger partial charge on any atom is -0.313 e. The Morgan fingerprint density at radius 1 is 1.19 bits per heavy atom. The predicted molar refractivity (Wildman–Crippen MR) is 95.7 cm³/mol. The Bertz CT molecular complexity index is 418. The van der Waals surface area contributed by atoms with Gasteiger partial charge in [0.15, 0.2) is 0 Å². The highest BCUT2D eigenvalue weighted by Crippen LogP contribution is 2.36. The summed E-state index contributed by atoms with van der Waals surface area (Å²) in [6.07, 6.45) is 9.40. The Hall–Kier alpha value is -0.340. The average Bonchev–Trinajstić information content (AvgIpc) is 2.53. The van der Waals surface area contributed by atoms with Crippen molar-refractivity contribution in [2.24, 2.45) is 11.8 Å². The number of hydrogen-bond donors (Lipinski definition) is 1. The van der Waals surface area contributed by atoms with Gasteiger partial charge in [0, 0.05) is 10.5 Å². The van der Waals surface area contributed by atoms with Crippen LogP contribution < -0.4 is 5.32 Å². The van der Waals surface area contributed by atoms with Crippen LogP contribution in [0.3, 0.4) is 0 Å². The average molecular weight is 352 g/mol. The maximum atomic E-state index is 3.86. The summed E-state index contributed by atoms with van der Waals surface area (Å²) in [5.41, 5.74) is 1.45. The Kier molecular flexibility index (Phi) is 7.25. The Balaban J connectivity index is 2.11. The molecule has 3 unspecified atom stereocenters. The largest absolute Gasteiger partial charge is 0.313 e. The molecule has 1 aliphatic carbocycles. The van der Waals surface area contributed by atoms with Crippen LogP contribution in [0.5, 0.6) is 0 Å². The highest BCUT2D eigenvalue weighted by molar-refractivity contribution is 9.10. The van der Waals surface area contributed by atoms with E-state index in [2.05, 4.69) is 59.4 Å². The first-order valence-electron chi connectivity index (χ1n) is 8.73. The normalized spacial score (nSPS) is 24.0. The van der Waals surface area contributed by atoms with Gasteiger partial charge < -0.3 is 5.32 Å². The summed E-state index contributed by atoms with van der Waals surface area (Å²) in [6, 6.07) is 9.35. The van der Waals surface area contributed by atoms with Crippen molar-refractivity contribution in [1.82, 2.24) is 5.32 Å². The first-order chi connectivity index (χ1) is 10.3. The van der Waals surface area contributed by atoms with E-state index >= 15 is 0 Å². The zero-order valence-electron chi connectivity index (χ0n) is 13.6. The molecule has 2 heteroatoms. The minimum atomic E-state index is 0.633. The molecule has 0 saturated heterocycles. The number of nitrogens with one attached hydrogen (secondary N) is 1. The third kappa shape index (κ3) is 4.82. The van der Waals surface area contributed by atoms with Gasteiger partial charge in [-0.15, -0.1) is 0 Å². The van der Waals surface area contributed by atoms with E-state index in [0.717, 1.165) is 24.8 Å². The molecule has 1 aromatic rings. The van der Waals surface area contributed by atoms with E-state index in [4.69, 9.17) is 0 Å². The highest BCUT2D eigenvalue weighted by Gasteiger charge is 2.30. The Morgan fingerprint density at radius 3 is 2.67 bits per heavy atom. The molecule has 2 rings (SSSR count). The topological polar surface area (TPSA) is 12.0 Å². The fourth-order valence-electron chi connectivity index (χ4n) is 3.88. The zero-order chi connectivity index (χ0) is 15.1. The molecule has 21 heavy (non-hydrogen) atoms. The van der Waals surface area contributed by atoms with Gasteiger partial charge in [-0.3, -0.25) is 0 Å². The van der Waals surface area contributed by atoms with Crippen LogP contribution in [0.4, 0.5) is 0 Å². The molecule has 1 fully saturated rings. The van der Waals surface area contributed by atoms with Crippen LogP contribution in [-0.4, -0.2) is 12.6 Å². The van der Waals surface area contributed by atoms with Crippen molar-refractivity contribution < 1.29 is 0 Å². The predicted octanol–water partition coefficient (Wildman–Crippen LogP) is 5.58. The third-order valence-electron chi connectivity index (χ3n) is 5.06. The van der Waals surface area contributed by atoms with Gasteiger partial charge in [0.05, 0.1) is 0 Å². The van der Waals surface area contributed by atoms with Gasteiger partial charge in [0.25, 0.3) is 0 Å². The summed E-state index contributed by atoms with van der Waals surface area (Å²) in [5.74, 6) is 1.76. The smallest absolute Gasteiger partial charge is 0.0207 e. The maximum Gasteiger partial charge on any atom is 0.0207 e. The molecule has 1 nitrogen and oxygen atoms in total. The van der Waals surface area contributed by atoms with Crippen molar-refractivity contribution in [3.8, 4) is 0 Å². The second-order valence-corrected chi connectivity index (χ2v) is 7.33. The lowest BCUT2D eigenvalue weighted by Crippen LogP contribution is -2.43. The zero-order valence-corrected chi connectivity index (χ0v) is 15.2. The molecule has 118 valence electrons. The van der Waals surface area contributed by atoms with E-state index in [1.807, 2.05) is 0 Å². The molecule has 0 aliphatic heterocycles. The molecule has 0 amide bonds. The Morgan fingerprint density at radius 2 is 1.95 bits per heavy atom. The van der Waals surface area contributed by atoms with Crippen LogP contribution in [-0.2, 0) is 6.42 Å². The SMILES string of the molecule is CCCNC(Cc1ccccc1Br)C1CCCCC1CC. The van der Waals surface area contributed by atoms with Crippen LogP contribution in [0.25, 0.3) is 0 Å². The van der Waals surface area contributed by atoms with Crippen molar-refractivity contribution in [1.29, 1.82) is 0 Å². The molecule has 0 spiro atoms. The van der Waals surface area contributed by atoms with Crippen molar-refractivity contribution in [2.75, 3.05) is 6.54 Å². The summed E-state index contributed by atoms with van der Waals surface area (Å²) in [4.78, 5) is 0. The molecular weight excluding hydrogens is 322 g/mol. The summed E-state index contributed by atoms with van der Waals surface area (Å²) in [6.45, 7) is 5.78. The van der Waals surface area contributed by atoms with Crippen molar-refractivity contribution in [3.63, 3.8) is 0 Å². The summed E-state index contributed by atoms with van der Waals surface area (Å²) in [5, 5.41) is 3.86. The van der Waals surface area contributed by atoms with Crippen LogP contribution in [0.15, 0.2) is 28.7 Å². The van der Waals surface area contributed by atoms with Gasteiger partial charge in [-0.05, 0) is 49.3 Å². The second kappa shape index (κ2) is 8.95. The fraction of sp³-hybridized carbons (Fsp3) is 0.684. The summed E-state index contributed by atoms with van der Waals surface area (Å²) >= 11 is 3.72. The minimum absolute atomic E-state index is 0.633. The lowest BCUT2D eigenvalue weighted by Gasteiger charge is -2.37. The van der Waals surface area contributed by atoms with Gasteiger partial charge in [-0.2, -0.15) is 0 Å². The molecule has 3 atom stereocenters. The third-order valence-corrected chi connectivity index (χ3v) is 5.84. The molecule has 1 saturated carbocycles. The molecule has 1 aliphatic rings. The monoisotopic (exact) mass is 351 g/mol. The van der Waals surface area contributed by atoms with Crippen LogP contribution in [0, 0.1) is 11.8 Å². The number of benzene rings is 1. The number of hydrogen-bond acceptors (Lipinski definition) is 1. The standard InChI is InChI=1S/C19H30BrN/c1-3-13-21-19(14-16-10-6-8-12-18(16)20)17-11-7-5-9-15(17)4-2/h6,8,10,12,15,17,19,21H,3-5,7,9,11,13-14H2,1-2H3. The summed E-state index contributed by atoms with van der Waals surface area (Å²) in [7, 11) is 0.